The summed E-state index contributed by atoms with van der Waals surface area (Å²) < 4.78 is 5.27. The first-order chi connectivity index (χ1) is 11.6. The molecular weight excluding hydrogens is 318 g/mol. The molecule has 4 nitrogen and oxygen atoms in total. The van der Waals surface area contributed by atoms with Gasteiger partial charge in [-0.05, 0) is 42.8 Å². The second kappa shape index (κ2) is 7.53. The molecule has 0 saturated carbocycles. The van der Waals surface area contributed by atoms with E-state index in [1.54, 1.807) is 18.9 Å². The summed E-state index contributed by atoms with van der Waals surface area (Å²) in [6, 6.07) is 8.70. The number of fused-ring (bicyclic) bond motifs is 2. The van der Waals surface area contributed by atoms with Gasteiger partial charge in [0.05, 0.1) is 12.1 Å². The normalized spacial score (nSPS) is 16.2. The first kappa shape index (κ1) is 17.2. The van der Waals surface area contributed by atoms with Crippen molar-refractivity contribution in [1.29, 1.82) is 0 Å². The minimum Gasteiger partial charge on any atom is -0.383 e. The van der Waals surface area contributed by atoms with E-state index in [1.165, 1.54) is 16.5 Å². The minimum absolute atomic E-state index is 0.552. The lowest BCUT2D eigenvalue weighted by Gasteiger charge is -2.30. The summed E-state index contributed by atoms with van der Waals surface area (Å²) in [4.78, 5) is 12.0. The minimum atomic E-state index is 0.552. The van der Waals surface area contributed by atoms with Crippen LogP contribution < -0.4 is 0 Å². The molecule has 1 aliphatic rings. The number of hydrogen-bond acceptors (Lipinski definition) is 4. The molecule has 0 radical (unpaired) electrons. The van der Waals surface area contributed by atoms with Crippen LogP contribution in [0.4, 0.5) is 0 Å². The highest BCUT2D eigenvalue weighted by atomic mass is 32.2. The Balaban J connectivity index is 1.95. The van der Waals surface area contributed by atoms with Crippen molar-refractivity contribution in [2.75, 3.05) is 26.8 Å². The van der Waals surface area contributed by atoms with Crippen molar-refractivity contribution in [2.45, 2.75) is 32.3 Å². The maximum absolute atomic E-state index is 5.27. The highest BCUT2D eigenvalue weighted by Gasteiger charge is 2.24. The topological polar surface area (TPSA) is 37.7 Å². The molecule has 3 rings (SSSR count). The van der Waals surface area contributed by atoms with E-state index in [0.29, 0.717) is 12.5 Å². The monoisotopic (exact) mass is 343 g/mol. The van der Waals surface area contributed by atoms with Crippen LogP contribution in [0.15, 0.2) is 34.3 Å². The molecule has 2 heterocycles. The Bertz CT molecular complexity index is 758. The maximum atomic E-state index is 5.27. The molecular formula is C19H25N3OS. The number of aryl methyl sites for hydroxylation is 1. The molecule has 0 spiro atoms. The van der Waals surface area contributed by atoms with E-state index in [9.17, 15) is 0 Å². The number of benzene rings is 1. The lowest BCUT2D eigenvalue weighted by atomic mass is 10.1. The molecule has 0 saturated heterocycles. The van der Waals surface area contributed by atoms with Gasteiger partial charge in [-0.2, -0.15) is 0 Å². The molecule has 0 amide bonds. The van der Waals surface area contributed by atoms with Crippen molar-refractivity contribution in [3.05, 3.63) is 35.4 Å². The van der Waals surface area contributed by atoms with E-state index >= 15 is 0 Å². The van der Waals surface area contributed by atoms with Crippen molar-refractivity contribution in [1.82, 2.24) is 9.88 Å². The quantitative estimate of drug-likeness (QED) is 0.819. The van der Waals surface area contributed by atoms with Crippen LogP contribution in [0.1, 0.15) is 25.0 Å². The van der Waals surface area contributed by atoms with Gasteiger partial charge < -0.3 is 9.64 Å². The lowest BCUT2D eigenvalue weighted by Crippen LogP contribution is -2.35. The summed E-state index contributed by atoms with van der Waals surface area (Å²) in [6.45, 7) is 9.75. The average molecular weight is 343 g/mol. The van der Waals surface area contributed by atoms with Crippen LogP contribution in [0.2, 0.25) is 0 Å². The molecule has 0 unspecified atom stereocenters. The summed E-state index contributed by atoms with van der Waals surface area (Å²) in [5.41, 5.74) is 3.60. The van der Waals surface area contributed by atoms with Gasteiger partial charge in [-0.25, -0.2) is 4.98 Å². The van der Waals surface area contributed by atoms with Crippen molar-refractivity contribution < 1.29 is 4.74 Å². The number of aromatic nitrogens is 1. The number of pyridine rings is 1. The van der Waals surface area contributed by atoms with Crippen LogP contribution in [0, 0.1) is 12.8 Å². The molecule has 1 aliphatic heterocycles. The van der Waals surface area contributed by atoms with Crippen LogP contribution in [-0.2, 0) is 11.3 Å². The van der Waals surface area contributed by atoms with Gasteiger partial charge >= 0.3 is 0 Å². The fourth-order valence-electron chi connectivity index (χ4n) is 2.72. The Morgan fingerprint density at radius 1 is 1.33 bits per heavy atom. The zero-order valence-electron chi connectivity index (χ0n) is 14.9. The van der Waals surface area contributed by atoms with E-state index < -0.39 is 0 Å². The Morgan fingerprint density at radius 2 is 2.17 bits per heavy atom. The second-order valence-corrected chi connectivity index (χ2v) is 7.64. The molecule has 0 fully saturated rings. The molecule has 0 aliphatic carbocycles. The Kier molecular flexibility index (Phi) is 5.41. The van der Waals surface area contributed by atoms with Crippen LogP contribution in [0.5, 0.6) is 0 Å². The van der Waals surface area contributed by atoms with Crippen molar-refractivity contribution >= 4 is 27.8 Å². The first-order valence-corrected chi connectivity index (χ1v) is 9.25. The highest BCUT2D eigenvalue weighted by molar-refractivity contribution is 8.13. The Morgan fingerprint density at radius 3 is 2.92 bits per heavy atom. The number of aliphatic imine (C=N–C) groups is 1. The standard InChI is InChI=1S/C19H25N3OS/c1-13(2)11-20-19-22(7-8-23-4)12-16-10-15-9-14(3)5-6-17(15)21-18(16)24-19/h5-6,9-10,13H,7-8,11-12H2,1-4H3. The molecule has 1 aromatic heterocycles. The predicted molar refractivity (Wildman–Crippen MR) is 102 cm³/mol. The summed E-state index contributed by atoms with van der Waals surface area (Å²) in [5.74, 6) is 0.552. The number of nitrogens with zero attached hydrogens (tertiary/aromatic N) is 3. The summed E-state index contributed by atoms with van der Waals surface area (Å²) in [5, 5.41) is 3.36. The Labute approximate surface area is 148 Å². The van der Waals surface area contributed by atoms with Crippen LogP contribution in [0.3, 0.4) is 0 Å². The van der Waals surface area contributed by atoms with Crippen LogP contribution >= 0.6 is 11.8 Å². The van der Waals surface area contributed by atoms with E-state index in [1.807, 2.05) is 0 Å². The van der Waals surface area contributed by atoms with Crippen LogP contribution in [-0.4, -0.2) is 41.9 Å². The second-order valence-electron chi connectivity index (χ2n) is 6.68. The van der Waals surface area contributed by atoms with E-state index in [-0.39, 0.29) is 0 Å². The zero-order valence-corrected chi connectivity index (χ0v) is 15.7. The average Bonchev–Trinajstić information content (AvgIpc) is 2.55. The van der Waals surface area contributed by atoms with Gasteiger partial charge in [0.1, 0.15) is 5.03 Å². The number of rotatable bonds is 5. The Hall–Kier alpha value is -1.59. The van der Waals surface area contributed by atoms with Gasteiger partial charge in [-0.3, -0.25) is 4.99 Å². The summed E-state index contributed by atoms with van der Waals surface area (Å²) in [7, 11) is 1.74. The van der Waals surface area contributed by atoms with Gasteiger partial charge in [0, 0.05) is 37.7 Å². The van der Waals surface area contributed by atoms with Gasteiger partial charge in [-0.1, -0.05) is 25.5 Å². The third-order valence-electron chi connectivity index (χ3n) is 3.99. The van der Waals surface area contributed by atoms with Crippen molar-refractivity contribution in [2.24, 2.45) is 10.9 Å². The van der Waals surface area contributed by atoms with E-state index in [0.717, 1.165) is 35.3 Å². The summed E-state index contributed by atoms with van der Waals surface area (Å²) in [6.07, 6.45) is 0. The number of methoxy groups -OCH3 is 1. The van der Waals surface area contributed by atoms with E-state index in [4.69, 9.17) is 14.7 Å². The SMILES string of the molecule is COCCN1Cc2cc3cc(C)ccc3nc2SC1=NCC(C)C. The van der Waals surface area contributed by atoms with E-state index in [2.05, 4.69) is 49.9 Å². The fraction of sp³-hybridized carbons (Fsp3) is 0.474. The summed E-state index contributed by atoms with van der Waals surface area (Å²) >= 11 is 1.69. The largest absolute Gasteiger partial charge is 0.383 e. The lowest BCUT2D eigenvalue weighted by molar-refractivity contribution is 0.174. The predicted octanol–water partition coefficient (Wildman–Crippen LogP) is 4.11. The molecule has 5 heteroatoms. The first-order valence-electron chi connectivity index (χ1n) is 8.43. The smallest absolute Gasteiger partial charge is 0.165 e. The third-order valence-corrected chi connectivity index (χ3v) is 5.10. The van der Waals surface area contributed by atoms with Gasteiger partial charge in [0.2, 0.25) is 0 Å². The van der Waals surface area contributed by atoms with Crippen molar-refractivity contribution in [3.8, 4) is 0 Å². The van der Waals surface area contributed by atoms with Gasteiger partial charge in [0.25, 0.3) is 0 Å². The van der Waals surface area contributed by atoms with Gasteiger partial charge in [-0.15, -0.1) is 0 Å². The molecule has 0 atom stereocenters. The van der Waals surface area contributed by atoms with Crippen LogP contribution in [0.25, 0.3) is 10.9 Å². The molecule has 128 valence electrons. The molecule has 0 bridgehead atoms. The molecule has 1 aromatic carbocycles. The number of ether oxygens (including phenoxy) is 1. The number of hydrogen-bond donors (Lipinski definition) is 0. The number of thioether (sulfide) groups is 1. The maximum Gasteiger partial charge on any atom is 0.165 e. The zero-order chi connectivity index (χ0) is 17.1. The third kappa shape index (κ3) is 3.90. The van der Waals surface area contributed by atoms with Gasteiger partial charge in [0.15, 0.2) is 5.17 Å². The van der Waals surface area contributed by atoms with Crippen molar-refractivity contribution in [3.63, 3.8) is 0 Å². The molecule has 2 aromatic rings. The molecule has 24 heavy (non-hydrogen) atoms. The highest BCUT2D eigenvalue weighted by Crippen LogP contribution is 2.33. The molecule has 0 N–H and O–H groups in total. The number of amidine groups is 1. The fourth-order valence-corrected chi connectivity index (χ4v) is 3.71.